The minimum atomic E-state index is -2.22. The predicted molar refractivity (Wildman–Crippen MR) is 269 cm³/mol. The normalized spacial score (nSPS) is 48.0. The van der Waals surface area contributed by atoms with Gasteiger partial charge >= 0.3 is 11.9 Å². The number of aliphatic hydroxyl groups is 19. The van der Waals surface area contributed by atoms with Crippen molar-refractivity contribution in [2.45, 2.75) is 215 Å². The van der Waals surface area contributed by atoms with Crippen molar-refractivity contribution < 1.29 is 203 Å². The van der Waals surface area contributed by atoms with E-state index < -0.39 is 285 Å². The molecular weight excluding hydrogens is 1260 g/mol. The summed E-state index contributed by atoms with van der Waals surface area (Å²) >= 11 is 0. The predicted octanol–water partition coefficient (Wildman–Crippen LogP) is -22.7. The molecule has 0 radical (unpaired) electrons. The molecule has 14 bridgehead atoms. The standard InChI is InChI=1S/C44H76N6O33.2CH2O3/c45-43(46)49-1-8-29-16(57)23(64)37(71-8)80-32-11(4-52)75-41(27(68)20(32)61)83-35-14(7-55)76-42(28(69)21(35)62)82-34-13(6-54)73-39(25(66)18(34)59)78-30-9(2-50-44(47)48)70-36(22(63)15(30)56)79-31-10(3-51)74-40(26(67)19(31)60)81-33-12(5-53)72-38(77-29)24(65)17(33)58;2*2-1(3)4/h8-42,51-69H,1-7H2,(H4,45,46,49)(H4,47,48,50);2*(H2,2,3,4)/t8-,9-,10-,11-,12-,13-,14-,15-,16-,17-,18-,19-,20-,21-,22-,23-,24+,25-,26+,27-,28-,29-,30-,31-,32-,33-,34-,35-,36-,37-,38-,39-,40-,41-,42-;;/m1../s1. The Labute approximate surface area is 510 Å². The van der Waals surface area contributed by atoms with E-state index in [2.05, 4.69) is 9.98 Å². The van der Waals surface area contributed by atoms with E-state index in [0.717, 1.165) is 0 Å². The summed E-state index contributed by atoms with van der Waals surface area (Å²) in [5, 5.41) is 243. The van der Waals surface area contributed by atoms with Gasteiger partial charge in [0.05, 0.1) is 46.1 Å². The van der Waals surface area contributed by atoms with Gasteiger partial charge in [0.2, 0.25) is 12.3 Å². The SMILES string of the molecule is NC(N)=[NH+]C[C@H]1O[C@@H]2O[C@H]3[C@H](O)[C@@H](O)[C@@H](O[C@H]4[C@H](O)[C@@H](O)[C@@H](O[C@H]5[C@H](O)[C@@H](O)[C@@H](O[C@H]6[C@H](O)[C@@H](O)[C@@H](O[C@H]7[C@H](O)[C@H](O)[C@@H](O[C@H]8[C@H](O)[C@H](O)[C@@H](O[C@H]1[C@H](O)[C@H]2O)O[C@@H]8CO)O[C@@H]7CO)O[C@@H]6C[NH+]=C(N)N)O[C@@H]5CO)O[C@@H]4CO)O[C@@H]3CO.O=C([O-])O.O=C([O-])O. The second-order valence-electron chi connectivity index (χ2n) is 21.5. The van der Waals surface area contributed by atoms with Crippen LogP contribution in [0.4, 0.5) is 9.59 Å². The molecule has 528 valence electrons. The van der Waals surface area contributed by atoms with Gasteiger partial charge in [0, 0.05) is 0 Å². The molecule has 21 heterocycles. The van der Waals surface area contributed by atoms with E-state index in [9.17, 15) is 97.0 Å². The first-order valence-electron chi connectivity index (χ1n) is 27.6. The largest absolute Gasteiger partial charge is 0.565 e. The van der Waals surface area contributed by atoms with Crippen molar-refractivity contribution in [3.63, 3.8) is 0 Å². The quantitative estimate of drug-likeness (QED) is 0.0753. The van der Waals surface area contributed by atoms with Crippen molar-refractivity contribution in [1.82, 2.24) is 0 Å². The number of carboxylic acid groups (broad SMARTS) is 4. The molecule has 31 N–H and O–H groups in total. The van der Waals surface area contributed by atoms with Gasteiger partial charge in [0.15, 0.2) is 44.0 Å². The molecule has 35 atom stereocenters. The van der Waals surface area contributed by atoms with Crippen LogP contribution in [0.2, 0.25) is 0 Å². The third kappa shape index (κ3) is 17.8. The van der Waals surface area contributed by atoms with Crippen LogP contribution >= 0.6 is 0 Å². The molecule has 0 aromatic rings. The van der Waals surface area contributed by atoms with Crippen LogP contribution < -0.4 is 43.1 Å². The van der Waals surface area contributed by atoms with E-state index >= 15 is 0 Å². The van der Waals surface area contributed by atoms with Gasteiger partial charge in [-0.3, -0.25) is 32.9 Å². The minimum Gasteiger partial charge on any atom is -0.565 e. The Hall–Kier alpha value is -4.24. The fraction of sp³-hybridized carbons (Fsp3) is 0.913. The van der Waals surface area contributed by atoms with E-state index in [1.165, 1.54) is 0 Å². The van der Waals surface area contributed by atoms with Crippen LogP contribution in [-0.4, -0.2) is 393 Å². The maximum atomic E-state index is 11.6. The van der Waals surface area contributed by atoms with Gasteiger partial charge in [-0.25, -0.2) is 0 Å². The number of nitrogens with one attached hydrogen (secondary N) is 2. The Bertz CT molecular complexity index is 2270. The van der Waals surface area contributed by atoms with Crippen molar-refractivity contribution in [2.24, 2.45) is 22.9 Å². The Kier molecular flexibility index (Phi) is 27.8. The number of hydrogen-bond acceptors (Lipinski definition) is 37. The molecule has 0 unspecified atom stereocenters. The summed E-state index contributed by atoms with van der Waals surface area (Å²) in [5.41, 5.74) is 22.5. The smallest absolute Gasteiger partial charge is 0.338 e. The lowest BCUT2D eigenvalue weighted by Gasteiger charge is -2.50. The van der Waals surface area contributed by atoms with E-state index in [4.69, 9.17) is 119 Å². The lowest BCUT2D eigenvalue weighted by Crippen LogP contribution is -2.82. The molecule has 21 rings (SSSR count). The van der Waals surface area contributed by atoms with Crippen molar-refractivity contribution in [2.75, 3.05) is 46.1 Å². The third-order valence-corrected chi connectivity index (χ3v) is 15.4. The van der Waals surface area contributed by atoms with Crippen LogP contribution in [0.1, 0.15) is 0 Å². The average molecular weight is 1340 g/mol. The molecule has 21 saturated heterocycles. The molecular formula is C46H80N6O39. The zero-order valence-corrected chi connectivity index (χ0v) is 47.2. The zero-order valence-electron chi connectivity index (χ0n) is 47.2. The molecule has 0 saturated carbocycles. The first kappa shape index (κ1) is 75.8. The summed E-state index contributed by atoms with van der Waals surface area (Å²) in [7, 11) is 0. The number of guanidine groups is 2. The summed E-state index contributed by atoms with van der Waals surface area (Å²) in [6.45, 7) is -6.26. The lowest BCUT2D eigenvalue weighted by molar-refractivity contribution is -0.491. The topological polar surface area (TPSA) is 766 Å². The first-order chi connectivity index (χ1) is 42.8. The number of carbonyl (C=O) groups is 2. The van der Waals surface area contributed by atoms with Crippen molar-refractivity contribution in [3.8, 4) is 0 Å². The molecule has 0 spiro atoms. The van der Waals surface area contributed by atoms with E-state index in [1.54, 1.807) is 0 Å². The first-order valence-corrected chi connectivity index (χ1v) is 27.6. The maximum absolute atomic E-state index is 11.6. The highest BCUT2D eigenvalue weighted by atomic mass is 16.8. The van der Waals surface area contributed by atoms with Gasteiger partial charge in [0.1, 0.15) is 171 Å². The molecule has 0 aliphatic carbocycles. The van der Waals surface area contributed by atoms with Crippen molar-refractivity contribution >= 4 is 24.2 Å². The maximum Gasteiger partial charge on any atom is 0.338 e. The van der Waals surface area contributed by atoms with Crippen molar-refractivity contribution in [3.05, 3.63) is 0 Å². The summed E-state index contributed by atoms with van der Waals surface area (Å²) in [6.07, 6.45) is -74.1. The fourth-order valence-corrected chi connectivity index (χ4v) is 10.9. The number of rotatable bonds is 9. The molecule has 0 aromatic heterocycles. The number of ether oxygens (including phenoxy) is 14. The summed E-state index contributed by atoms with van der Waals surface area (Å²) in [5.74, 6) is -0.835. The number of hydrogen-bond donors (Lipinski definition) is 27. The second kappa shape index (κ2) is 33.4. The molecule has 21 aliphatic heterocycles. The average Bonchev–Trinajstić information content (AvgIpc) is 0.803. The van der Waals surface area contributed by atoms with E-state index in [1.807, 2.05) is 0 Å². The van der Waals surface area contributed by atoms with Gasteiger partial charge in [0.25, 0.3) is 0 Å². The highest BCUT2D eigenvalue weighted by Gasteiger charge is 2.60. The van der Waals surface area contributed by atoms with Crippen LogP contribution in [0, 0.1) is 0 Å². The summed E-state index contributed by atoms with van der Waals surface area (Å²) in [6, 6.07) is 0. The lowest BCUT2D eigenvalue weighted by atomic mass is 9.95. The minimum absolute atomic E-state index is 0.418. The molecule has 21 aliphatic rings. The van der Waals surface area contributed by atoms with Gasteiger partial charge in [-0.15, -0.1) is 0 Å². The summed E-state index contributed by atoms with van der Waals surface area (Å²) < 4.78 is 81.3. The van der Waals surface area contributed by atoms with Crippen molar-refractivity contribution in [1.29, 1.82) is 0 Å². The molecule has 0 aromatic carbocycles. The molecule has 45 heteroatoms. The summed E-state index contributed by atoms with van der Waals surface area (Å²) in [4.78, 5) is 21.9. The Morgan fingerprint density at radius 1 is 0.275 bits per heavy atom. The van der Waals surface area contributed by atoms with Gasteiger partial charge in [-0.05, 0) is 0 Å². The monoisotopic (exact) mass is 1340 g/mol. The Balaban J connectivity index is 0.00000155. The van der Waals surface area contributed by atoms with E-state index in [0.29, 0.717) is 0 Å². The van der Waals surface area contributed by atoms with Gasteiger partial charge in [-0.1, -0.05) is 0 Å². The molecule has 45 nitrogen and oxygen atoms in total. The highest BCUT2D eigenvalue weighted by Crippen LogP contribution is 2.39. The fourth-order valence-electron chi connectivity index (χ4n) is 10.9. The number of nitrogens with two attached hydrogens (primary N) is 4. The van der Waals surface area contributed by atoms with Crippen LogP contribution in [-0.2, 0) is 66.3 Å². The zero-order chi connectivity index (χ0) is 67.8. The second-order valence-corrected chi connectivity index (χ2v) is 21.5. The van der Waals surface area contributed by atoms with Crippen LogP contribution in [0.15, 0.2) is 0 Å². The molecule has 21 fully saturated rings. The van der Waals surface area contributed by atoms with Crippen LogP contribution in [0.3, 0.4) is 0 Å². The highest BCUT2D eigenvalue weighted by molar-refractivity contribution is 5.69. The van der Waals surface area contributed by atoms with Crippen LogP contribution in [0.5, 0.6) is 0 Å². The third-order valence-electron chi connectivity index (χ3n) is 15.4. The number of aliphatic hydroxyl groups excluding tert-OH is 19. The Morgan fingerprint density at radius 3 is 0.538 bits per heavy atom. The molecule has 0 amide bonds. The Morgan fingerprint density at radius 2 is 0.407 bits per heavy atom. The van der Waals surface area contributed by atoms with Crippen LogP contribution in [0.25, 0.3) is 0 Å². The van der Waals surface area contributed by atoms with Gasteiger partial charge in [-0.2, -0.15) is 0 Å². The molecule has 91 heavy (non-hydrogen) atoms. The van der Waals surface area contributed by atoms with E-state index in [-0.39, 0.29) is 0 Å². The van der Waals surface area contributed by atoms with Gasteiger partial charge < -0.3 is 193 Å².